The second kappa shape index (κ2) is 14.4. The van der Waals surface area contributed by atoms with Gasteiger partial charge in [-0.05, 0) is 70.2 Å². The molecule has 2 aromatic rings. The highest BCUT2D eigenvalue weighted by Crippen LogP contribution is 2.50. The molecule has 8 nitrogen and oxygen atoms in total. The average molecular weight is 569 g/mol. The number of nitrogens with one attached hydrogen (secondary N) is 3. The number of benzene rings is 2. The Morgan fingerprint density at radius 3 is 2.45 bits per heavy atom. The summed E-state index contributed by atoms with van der Waals surface area (Å²) in [5.74, 6) is 0.0103. The molecule has 0 bridgehead atoms. The molecule has 1 amide bonds. The molecule has 38 heavy (non-hydrogen) atoms. The third kappa shape index (κ3) is 9.03. The lowest BCUT2D eigenvalue weighted by Gasteiger charge is -2.47. The largest absolute Gasteiger partial charge is 0.390 e. The zero-order valence-corrected chi connectivity index (χ0v) is 24.6. The summed E-state index contributed by atoms with van der Waals surface area (Å²) in [6, 6.07) is 14.6. The van der Waals surface area contributed by atoms with Gasteiger partial charge in [0.1, 0.15) is 0 Å². The van der Waals surface area contributed by atoms with Crippen molar-refractivity contribution in [2.45, 2.75) is 71.1 Å². The number of nitrogens with zero attached hydrogens (tertiary/aromatic N) is 1. The van der Waals surface area contributed by atoms with Gasteiger partial charge >= 0.3 is 0 Å². The van der Waals surface area contributed by atoms with Crippen LogP contribution in [0.4, 0.5) is 11.4 Å². The molecular weight excluding hydrogens is 524 g/mol. The Kier molecular flexibility index (Phi) is 12.2. The van der Waals surface area contributed by atoms with Crippen molar-refractivity contribution >= 4 is 40.5 Å². The van der Waals surface area contributed by atoms with E-state index < -0.39 is 22.9 Å². The van der Waals surface area contributed by atoms with Gasteiger partial charge in [-0.1, -0.05) is 37.3 Å². The number of carbonyl (C=O) groups excluding carboxylic acids is 1. The molecule has 0 unspecified atom stereocenters. The molecule has 0 aliphatic carbocycles. The Hall–Kier alpha value is -2.01. The fourth-order valence-corrected chi connectivity index (χ4v) is 6.03. The van der Waals surface area contributed by atoms with Crippen molar-refractivity contribution in [3.8, 4) is 0 Å². The standard InChI is InChI=1S/C28H44N4O4S.ClH/c1-5-28(3,4)30-20-26(33)25(16-21-12-8-7-9-13-21)31-27(34)22-17-23(29-6-2)19-24(18-22)32-14-10-11-15-37(32,35)36;/h7-9,12-13,17-19,25-26,29-30,33,35-36H,5-6,10-11,14-16,20H2,1-4H3,(H,31,34);1H/t25-,26+;/m0./s1. The van der Waals surface area contributed by atoms with Gasteiger partial charge in [-0.25, -0.2) is 0 Å². The monoisotopic (exact) mass is 568 g/mol. The molecule has 3 rings (SSSR count). The summed E-state index contributed by atoms with van der Waals surface area (Å²) in [7, 11) is -2.93. The fraction of sp³-hybridized carbons (Fsp3) is 0.536. The van der Waals surface area contributed by atoms with Crippen LogP contribution >= 0.6 is 23.2 Å². The SMILES string of the molecule is CCNc1cc(C(=O)N[C@@H](Cc2ccccc2)[C@H](O)CNC(C)(C)CC)cc(N2CCCCS2(O)O)c1.Cl. The summed E-state index contributed by atoms with van der Waals surface area (Å²) in [5, 5.41) is 20.8. The summed E-state index contributed by atoms with van der Waals surface area (Å²) in [4.78, 5) is 13.6. The third-order valence-corrected chi connectivity index (χ3v) is 8.92. The normalized spacial score (nSPS) is 17.6. The second-order valence-corrected chi connectivity index (χ2v) is 12.5. The van der Waals surface area contributed by atoms with Crippen molar-refractivity contribution in [1.82, 2.24) is 10.6 Å². The van der Waals surface area contributed by atoms with Gasteiger partial charge in [0.05, 0.1) is 23.6 Å². The van der Waals surface area contributed by atoms with Crippen molar-refractivity contribution < 1.29 is 19.0 Å². The van der Waals surface area contributed by atoms with Gasteiger partial charge in [0.25, 0.3) is 5.91 Å². The summed E-state index contributed by atoms with van der Waals surface area (Å²) in [6.07, 6.45) is 2.20. The predicted molar refractivity (Wildman–Crippen MR) is 162 cm³/mol. The number of rotatable bonds is 12. The molecule has 1 aliphatic heterocycles. The van der Waals surface area contributed by atoms with E-state index >= 15 is 0 Å². The van der Waals surface area contributed by atoms with Crippen molar-refractivity contribution in [3.05, 3.63) is 59.7 Å². The molecule has 0 aromatic heterocycles. The first-order valence-corrected chi connectivity index (χ1v) is 14.9. The number of aliphatic hydroxyl groups excluding tert-OH is 1. The minimum absolute atomic E-state index is 0. The zero-order chi connectivity index (χ0) is 27.1. The maximum absolute atomic E-state index is 13.6. The Bertz CT molecular complexity index is 1030. The highest BCUT2D eigenvalue weighted by molar-refractivity contribution is 8.25. The van der Waals surface area contributed by atoms with Gasteiger partial charge in [-0.2, -0.15) is 0 Å². The number of hydrogen-bond donors (Lipinski definition) is 6. The van der Waals surface area contributed by atoms with Crippen LogP contribution in [0.5, 0.6) is 0 Å². The lowest BCUT2D eigenvalue weighted by atomic mass is 9.98. The van der Waals surface area contributed by atoms with Crippen LogP contribution < -0.4 is 20.3 Å². The molecular formula is C28H45ClN4O4S. The highest BCUT2D eigenvalue weighted by Gasteiger charge is 2.29. The van der Waals surface area contributed by atoms with Gasteiger partial charge < -0.3 is 21.1 Å². The Morgan fingerprint density at radius 2 is 1.82 bits per heavy atom. The van der Waals surface area contributed by atoms with Gasteiger partial charge in [-0.15, -0.1) is 23.2 Å². The van der Waals surface area contributed by atoms with E-state index in [1.807, 2.05) is 43.3 Å². The third-order valence-electron chi connectivity index (χ3n) is 6.98. The van der Waals surface area contributed by atoms with E-state index in [4.69, 9.17) is 0 Å². The summed E-state index contributed by atoms with van der Waals surface area (Å²) >= 11 is 0. The second-order valence-electron chi connectivity index (χ2n) is 10.4. The van der Waals surface area contributed by atoms with E-state index in [0.717, 1.165) is 30.5 Å². The molecule has 0 spiro atoms. The number of anilines is 2. The van der Waals surface area contributed by atoms with E-state index in [2.05, 4.69) is 36.7 Å². The first-order chi connectivity index (χ1) is 17.5. The van der Waals surface area contributed by atoms with Crippen LogP contribution in [0.25, 0.3) is 0 Å². The van der Waals surface area contributed by atoms with Crippen molar-refractivity contribution in [3.63, 3.8) is 0 Å². The molecule has 0 saturated carbocycles. The van der Waals surface area contributed by atoms with Crippen LogP contribution in [0.3, 0.4) is 0 Å². The van der Waals surface area contributed by atoms with Crippen molar-refractivity contribution in [1.29, 1.82) is 0 Å². The Labute approximate surface area is 235 Å². The molecule has 1 aliphatic rings. The summed E-state index contributed by atoms with van der Waals surface area (Å²) < 4.78 is 23.0. The van der Waals surface area contributed by atoms with Crippen LogP contribution in [0, 0.1) is 0 Å². The molecule has 0 radical (unpaired) electrons. The van der Waals surface area contributed by atoms with Gasteiger partial charge in [0.2, 0.25) is 0 Å². The Morgan fingerprint density at radius 1 is 1.11 bits per heavy atom. The van der Waals surface area contributed by atoms with Gasteiger partial charge in [-0.3, -0.25) is 18.2 Å². The van der Waals surface area contributed by atoms with Crippen molar-refractivity contribution in [2.75, 3.05) is 35.0 Å². The number of β-amino-alcohol motifs (C(OH)–C–C–N with tert-alkyl or cyclic N) is 1. The van der Waals surface area contributed by atoms with E-state index in [1.165, 1.54) is 0 Å². The molecule has 1 saturated heterocycles. The minimum Gasteiger partial charge on any atom is -0.390 e. The molecule has 2 aromatic carbocycles. The topological polar surface area (TPSA) is 117 Å². The number of aliphatic hydroxyl groups is 1. The molecule has 1 fully saturated rings. The van der Waals surface area contributed by atoms with E-state index in [-0.39, 0.29) is 23.9 Å². The molecule has 6 N–H and O–H groups in total. The first kappa shape index (κ1) is 32.2. The molecule has 10 heteroatoms. The lowest BCUT2D eigenvalue weighted by molar-refractivity contribution is 0.0813. The van der Waals surface area contributed by atoms with Crippen LogP contribution in [0.1, 0.15) is 62.9 Å². The molecule has 2 atom stereocenters. The van der Waals surface area contributed by atoms with Crippen LogP contribution in [0.15, 0.2) is 48.5 Å². The average Bonchev–Trinajstić information content (AvgIpc) is 2.87. The maximum Gasteiger partial charge on any atom is 0.251 e. The lowest BCUT2D eigenvalue weighted by Crippen LogP contribution is -2.52. The molecule has 1 heterocycles. The highest BCUT2D eigenvalue weighted by atomic mass is 35.5. The summed E-state index contributed by atoms with van der Waals surface area (Å²) in [6.45, 7) is 9.76. The number of hydrogen-bond acceptors (Lipinski definition) is 7. The molecule has 214 valence electrons. The first-order valence-electron chi connectivity index (χ1n) is 13.2. The minimum atomic E-state index is -2.93. The fourth-order valence-electron chi connectivity index (χ4n) is 4.35. The predicted octanol–water partition coefficient (Wildman–Crippen LogP) is 5.29. The zero-order valence-electron chi connectivity index (χ0n) is 22.9. The van der Waals surface area contributed by atoms with Crippen molar-refractivity contribution in [2.24, 2.45) is 0 Å². The van der Waals surface area contributed by atoms with Crippen LogP contribution in [-0.2, 0) is 6.42 Å². The number of carbonyl (C=O) groups is 1. The summed E-state index contributed by atoms with van der Waals surface area (Å²) in [5.41, 5.74) is 2.63. The number of amides is 1. The van der Waals surface area contributed by atoms with Crippen LogP contribution in [-0.4, -0.2) is 63.2 Å². The smallest absolute Gasteiger partial charge is 0.251 e. The van der Waals surface area contributed by atoms with Gasteiger partial charge in [0.15, 0.2) is 0 Å². The quantitative estimate of drug-likeness (QED) is 0.206. The Balaban J connectivity index is 0.00000507. The van der Waals surface area contributed by atoms with E-state index in [1.54, 1.807) is 16.4 Å². The maximum atomic E-state index is 13.6. The van der Waals surface area contributed by atoms with Crippen LogP contribution in [0.2, 0.25) is 0 Å². The van der Waals surface area contributed by atoms with Gasteiger partial charge in [0, 0.05) is 36.4 Å². The van der Waals surface area contributed by atoms with E-state index in [0.29, 0.717) is 43.1 Å². The van der Waals surface area contributed by atoms with E-state index in [9.17, 15) is 19.0 Å². The number of halogens is 1.